The van der Waals surface area contributed by atoms with Crippen molar-refractivity contribution in [2.45, 2.75) is 31.8 Å². The van der Waals surface area contributed by atoms with Gasteiger partial charge in [-0.05, 0) is 49.9 Å². The number of benzene rings is 1. The van der Waals surface area contributed by atoms with Gasteiger partial charge in [0.05, 0.1) is 12.4 Å². The van der Waals surface area contributed by atoms with Crippen molar-refractivity contribution in [3.8, 4) is 5.75 Å². The lowest BCUT2D eigenvalue weighted by atomic mass is 10.2. The van der Waals surface area contributed by atoms with E-state index in [9.17, 15) is 4.79 Å². The molecule has 4 heteroatoms. The van der Waals surface area contributed by atoms with Crippen LogP contribution in [0.3, 0.4) is 0 Å². The van der Waals surface area contributed by atoms with Gasteiger partial charge in [0, 0.05) is 11.8 Å². The highest BCUT2D eigenvalue weighted by atomic mass is 16.5. The third-order valence-corrected chi connectivity index (χ3v) is 3.44. The van der Waals surface area contributed by atoms with E-state index in [0.717, 1.165) is 18.6 Å². The first kappa shape index (κ1) is 12.8. The lowest BCUT2D eigenvalue weighted by molar-refractivity contribution is 0.0996. The van der Waals surface area contributed by atoms with Gasteiger partial charge in [0.1, 0.15) is 5.75 Å². The minimum atomic E-state index is -0.256. The van der Waals surface area contributed by atoms with Crippen molar-refractivity contribution in [2.75, 3.05) is 5.32 Å². The van der Waals surface area contributed by atoms with Crippen LogP contribution >= 0.6 is 0 Å². The minimum absolute atomic E-state index is 0.256. The Bertz CT molecular complexity index is 571. The van der Waals surface area contributed by atoms with Crippen molar-refractivity contribution in [1.29, 1.82) is 0 Å². The van der Waals surface area contributed by atoms with Crippen LogP contribution in [0.25, 0.3) is 0 Å². The van der Waals surface area contributed by atoms with E-state index < -0.39 is 0 Å². The Labute approximate surface area is 117 Å². The summed E-state index contributed by atoms with van der Waals surface area (Å²) in [5.74, 6) is 0.842. The Morgan fingerprint density at radius 2 is 2.05 bits per heavy atom. The molecule has 1 N–H and O–H groups in total. The summed E-state index contributed by atoms with van der Waals surface area (Å²) in [5, 5.41) is 2.80. The Morgan fingerprint density at radius 3 is 2.80 bits per heavy atom. The summed E-state index contributed by atoms with van der Waals surface area (Å²) in [6, 6.07) is 10.8. The Morgan fingerprint density at radius 1 is 1.20 bits per heavy atom. The number of nitrogens with one attached hydrogen (secondary N) is 1. The van der Waals surface area contributed by atoms with E-state index in [2.05, 4.69) is 5.32 Å². The number of carbonyl (C=O) groups excluding carboxylic acids is 1. The van der Waals surface area contributed by atoms with Gasteiger partial charge in [-0.25, -0.2) is 0 Å². The molecule has 1 fully saturated rings. The average Bonchev–Trinajstić information content (AvgIpc) is 3.12. The van der Waals surface area contributed by atoms with Gasteiger partial charge in [0.15, 0.2) is 5.76 Å². The van der Waals surface area contributed by atoms with Crippen LogP contribution in [-0.4, -0.2) is 12.0 Å². The topological polar surface area (TPSA) is 51.5 Å². The molecule has 1 aromatic heterocycles. The van der Waals surface area contributed by atoms with Gasteiger partial charge in [-0.15, -0.1) is 0 Å². The van der Waals surface area contributed by atoms with Crippen LogP contribution in [0.4, 0.5) is 5.69 Å². The van der Waals surface area contributed by atoms with E-state index in [1.54, 1.807) is 12.1 Å². The largest absolute Gasteiger partial charge is 0.490 e. The SMILES string of the molecule is O=C(Nc1cccc(OC2CCCC2)c1)c1ccco1. The monoisotopic (exact) mass is 271 g/mol. The Kier molecular flexibility index (Phi) is 3.72. The molecule has 0 atom stereocenters. The second-order valence-corrected chi connectivity index (χ2v) is 4.98. The smallest absolute Gasteiger partial charge is 0.291 e. The van der Waals surface area contributed by atoms with Gasteiger partial charge in [-0.3, -0.25) is 4.79 Å². The van der Waals surface area contributed by atoms with Gasteiger partial charge in [0.25, 0.3) is 5.91 Å². The predicted molar refractivity (Wildman–Crippen MR) is 76.0 cm³/mol. The fourth-order valence-corrected chi connectivity index (χ4v) is 2.45. The highest BCUT2D eigenvalue weighted by Crippen LogP contribution is 2.25. The van der Waals surface area contributed by atoms with E-state index in [-0.39, 0.29) is 5.91 Å². The van der Waals surface area contributed by atoms with Crippen LogP contribution in [0.1, 0.15) is 36.2 Å². The molecule has 0 spiro atoms. The van der Waals surface area contributed by atoms with Crippen LogP contribution in [0.5, 0.6) is 5.75 Å². The molecule has 1 aliphatic carbocycles. The van der Waals surface area contributed by atoms with Gasteiger partial charge < -0.3 is 14.5 Å². The molecular formula is C16H17NO3. The van der Waals surface area contributed by atoms with Crippen LogP contribution in [0, 0.1) is 0 Å². The summed E-state index contributed by atoms with van der Waals surface area (Å²) in [6.45, 7) is 0. The molecule has 0 aliphatic heterocycles. The number of furan rings is 1. The van der Waals surface area contributed by atoms with Gasteiger partial charge in [-0.2, -0.15) is 0 Å². The average molecular weight is 271 g/mol. The molecule has 4 nitrogen and oxygen atoms in total. The van der Waals surface area contributed by atoms with Crippen molar-refractivity contribution in [2.24, 2.45) is 0 Å². The first-order valence-electron chi connectivity index (χ1n) is 6.93. The molecule has 1 amide bonds. The summed E-state index contributed by atoms with van der Waals surface area (Å²) in [4.78, 5) is 11.9. The van der Waals surface area contributed by atoms with Crippen molar-refractivity contribution in [3.63, 3.8) is 0 Å². The Hall–Kier alpha value is -2.23. The van der Waals surface area contributed by atoms with E-state index >= 15 is 0 Å². The summed E-state index contributed by atoms with van der Waals surface area (Å²) >= 11 is 0. The number of carbonyl (C=O) groups is 1. The molecule has 0 unspecified atom stereocenters. The molecule has 3 rings (SSSR count). The van der Waals surface area contributed by atoms with Gasteiger partial charge in [-0.1, -0.05) is 6.07 Å². The van der Waals surface area contributed by atoms with Crippen LogP contribution < -0.4 is 10.1 Å². The van der Waals surface area contributed by atoms with Crippen LogP contribution in [-0.2, 0) is 0 Å². The minimum Gasteiger partial charge on any atom is -0.490 e. The lowest BCUT2D eigenvalue weighted by Crippen LogP contribution is -2.12. The van der Waals surface area contributed by atoms with Crippen molar-refractivity contribution in [1.82, 2.24) is 0 Å². The maximum atomic E-state index is 11.9. The van der Waals surface area contributed by atoms with Crippen molar-refractivity contribution < 1.29 is 13.9 Å². The zero-order chi connectivity index (χ0) is 13.8. The number of amides is 1. The summed E-state index contributed by atoms with van der Waals surface area (Å²) < 4.78 is 11.0. The van der Waals surface area contributed by atoms with E-state index in [1.165, 1.54) is 19.1 Å². The molecule has 2 aromatic rings. The molecule has 1 aromatic carbocycles. The standard InChI is InChI=1S/C16H17NO3/c18-16(15-9-4-10-19-15)17-12-5-3-8-14(11-12)20-13-6-1-2-7-13/h3-5,8-11,13H,1-2,6-7H2,(H,17,18). The van der Waals surface area contributed by atoms with Crippen LogP contribution in [0.15, 0.2) is 47.1 Å². The zero-order valence-electron chi connectivity index (χ0n) is 11.2. The fraction of sp³-hybridized carbons (Fsp3) is 0.312. The molecule has 104 valence electrons. The summed E-state index contributed by atoms with van der Waals surface area (Å²) in [7, 11) is 0. The number of hydrogen-bond acceptors (Lipinski definition) is 3. The highest BCUT2D eigenvalue weighted by Gasteiger charge is 2.16. The zero-order valence-corrected chi connectivity index (χ0v) is 11.2. The second kappa shape index (κ2) is 5.82. The third-order valence-electron chi connectivity index (χ3n) is 3.44. The molecule has 1 heterocycles. The number of hydrogen-bond donors (Lipinski definition) is 1. The predicted octanol–water partition coefficient (Wildman–Crippen LogP) is 3.85. The molecular weight excluding hydrogens is 254 g/mol. The van der Waals surface area contributed by atoms with Gasteiger partial charge >= 0.3 is 0 Å². The number of ether oxygens (including phenoxy) is 1. The summed E-state index contributed by atoms with van der Waals surface area (Å²) in [6.07, 6.45) is 6.49. The third kappa shape index (κ3) is 3.02. The van der Waals surface area contributed by atoms with Gasteiger partial charge in [0.2, 0.25) is 0 Å². The summed E-state index contributed by atoms with van der Waals surface area (Å²) in [5.41, 5.74) is 0.710. The highest BCUT2D eigenvalue weighted by molar-refractivity contribution is 6.02. The van der Waals surface area contributed by atoms with Crippen LogP contribution in [0.2, 0.25) is 0 Å². The van der Waals surface area contributed by atoms with Crippen molar-refractivity contribution in [3.05, 3.63) is 48.4 Å². The van der Waals surface area contributed by atoms with E-state index in [1.807, 2.05) is 24.3 Å². The van der Waals surface area contributed by atoms with E-state index in [4.69, 9.17) is 9.15 Å². The lowest BCUT2D eigenvalue weighted by Gasteiger charge is -2.13. The molecule has 0 saturated heterocycles. The first-order chi connectivity index (χ1) is 9.81. The fourth-order valence-electron chi connectivity index (χ4n) is 2.45. The number of rotatable bonds is 4. The Balaban J connectivity index is 1.66. The maximum absolute atomic E-state index is 11.9. The number of anilines is 1. The first-order valence-corrected chi connectivity index (χ1v) is 6.93. The molecule has 0 bridgehead atoms. The normalized spacial score (nSPS) is 15.2. The van der Waals surface area contributed by atoms with E-state index in [0.29, 0.717) is 17.6 Å². The maximum Gasteiger partial charge on any atom is 0.291 e. The molecule has 1 aliphatic rings. The molecule has 0 radical (unpaired) electrons. The second-order valence-electron chi connectivity index (χ2n) is 4.98. The molecule has 1 saturated carbocycles. The van der Waals surface area contributed by atoms with Crippen molar-refractivity contribution >= 4 is 11.6 Å². The quantitative estimate of drug-likeness (QED) is 0.918. The molecule has 20 heavy (non-hydrogen) atoms.